The Bertz CT molecular complexity index is 179. The molecule has 0 aromatic heterocycles. The minimum absolute atomic E-state index is 0.776. The molecule has 17 heavy (non-hydrogen) atoms. The topological polar surface area (TPSA) is 24.5 Å². The molecule has 1 saturated carbocycles. The zero-order valence-corrected chi connectivity index (χ0v) is 11.9. The molecule has 0 bridgehead atoms. The third-order valence-corrected chi connectivity index (χ3v) is 3.83. The minimum Gasteiger partial charge on any atom is -0.385 e. The second kappa shape index (κ2) is 8.90. The lowest BCUT2D eigenvalue weighted by Gasteiger charge is -2.28. The maximum atomic E-state index is 5.06. The lowest BCUT2D eigenvalue weighted by molar-refractivity contribution is 0.178. The normalized spacial score (nSPS) is 25.4. The largest absolute Gasteiger partial charge is 0.385 e. The first-order chi connectivity index (χ1) is 8.22. The molecule has 3 heteroatoms. The third-order valence-electron chi connectivity index (χ3n) is 3.83. The van der Waals surface area contributed by atoms with Gasteiger partial charge in [0.1, 0.15) is 0 Å². The summed E-state index contributed by atoms with van der Waals surface area (Å²) in [6.45, 7) is 6.66. The summed E-state index contributed by atoms with van der Waals surface area (Å²) in [5, 5.41) is 3.69. The third kappa shape index (κ3) is 7.02. The summed E-state index contributed by atoms with van der Waals surface area (Å²) in [5.74, 6) is 0.949. The van der Waals surface area contributed by atoms with Gasteiger partial charge in [0.15, 0.2) is 0 Å². The van der Waals surface area contributed by atoms with Crippen LogP contribution in [0, 0.1) is 5.92 Å². The molecule has 0 amide bonds. The van der Waals surface area contributed by atoms with E-state index in [1.54, 1.807) is 7.11 Å². The first-order valence-corrected chi connectivity index (χ1v) is 7.13. The SMILES string of the molecule is COCCCN(C)CCNC1CCC(C)CC1. The van der Waals surface area contributed by atoms with Crippen LogP contribution < -0.4 is 5.32 Å². The molecule has 1 N–H and O–H groups in total. The average Bonchev–Trinajstić information content (AvgIpc) is 2.32. The lowest BCUT2D eigenvalue weighted by atomic mass is 9.87. The van der Waals surface area contributed by atoms with Gasteiger partial charge < -0.3 is 15.0 Å². The van der Waals surface area contributed by atoms with Crippen molar-refractivity contribution in [2.75, 3.05) is 40.4 Å². The predicted octanol–water partition coefficient (Wildman–Crippen LogP) is 2.12. The lowest BCUT2D eigenvalue weighted by Crippen LogP contribution is -2.38. The Morgan fingerprint density at radius 2 is 1.88 bits per heavy atom. The van der Waals surface area contributed by atoms with E-state index in [4.69, 9.17) is 4.74 Å². The van der Waals surface area contributed by atoms with Crippen molar-refractivity contribution in [3.05, 3.63) is 0 Å². The summed E-state index contributed by atoms with van der Waals surface area (Å²) >= 11 is 0. The molecule has 0 saturated heterocycles. The van der Waals surface area contributed by atoms with E-state index in [2.05, 4.69) is 24.2 Å². The molecular formula is C14H30N2O. The van der Waals surface area contributed by atoms with Crippen LogP contribution in [0.4, 0.5) is 0 Å². The van der Waals surface area contributed by atoms with Crippen molar-refractivity contribution in [2.24, 2.45) is 5.92 Å². The Labute approximate surface area is 107 Å². The summed E-state index contributed by atoms with van der Waals surface area (Å²) in [7, 11) is 3.96. The Hall–Kier alpha value is -0.120. The Morgan fingerprint density at radius 1 is 1.18 bits per heavy atom. The fraction of sp³-hybridized carbons (Fsp3) is 1.00. The van der Waals surface area contributed by atoms with Gasteiger partial charge in [-0.1, -0.05) is 6.92 Å². The van der Waals surface area contributed by atoms with E-state index < -0.39 is 0 Å². The van der Waals surface area contributed by atoms with Crippen LogP contribution in [0.2, 0.25) is 0 Å². The van der Waals surface area contributed by atoms with E-state index in [1.807, 2.05) is 0 Å². The molecule has 1 aliphatic rings. The van der Waals surface area contributed by atoms with E-state index in [0.29, 0.717) is 0 Å². The van der Waals surface area contributed by atoms with Crippen LogP contribution in [0.25, 0.3) is 0 Å². The van der Waals surface area contributed by atoms with Crippen molar-refractivity contribution in [3.63, 3.8) is 0 Å². The number of hydrogen-bond acceptors (Lipinski definition) is 3. The molecule has 0 aliphatic heterocycles. The summed E-state index contributed by atoms with van der Waals surface area (Å²) in [6, 6.07) is 0.776. The molecule has 1 aliphatic carbocycles. The molecule has 0 aromatic rings. The van der Waals surface area contributed by atoms with Gasteiger partial charge in [-0.2, -0.15) is 0 Å². The number of hydrogen-bond donors (Lipinski definition) is 1. The van der Waals surface area contributed by atoms with E-state index in [-0.39, 0.29) is 0 Å². The van der Waals surface area contributed by atoms with Gasteiger partial charge in [-0.15, -0.1) is 0 Å². The van der Waals surface area contributed by atoms with Gasteiger partial charge in [0.2, 0.25) is 0 Å². The Kier molecular flexibility index (Phi) is 7.82. The van der Waals surface area contributed by atoms with Crippen molar-refractivity contribution < 1.29 is 4.74 Å². The molecule has 0 heterocycles. The second-order valence-electron chi connectivity index (χ2n) is 5.56. The monoisotopic (exact) mass is 242 g/mol. The number of likely N-dealkylation sites (N-methyl/N-ethyl adjacent to an activating group) is 1. The highest BCUT2D eigenvalue weighted by Crippen LogP contribution is 2.23. The van der Waals surface area contributed by atoms with Crippen LogP contribution in [-0.2, 0) is 4.74 Å². The van der Waals surface area contributed by atoms with E-state index in [9.17, 15) is 0 Å². The maximum Gasteiger partial charge on any atom is 0.0474 e. The van der Waals surface area contributed by atoms with Crippen LogP contribution in [0.5, 0.6) is 0 Å². The fourth-order valence-corrected chi connectivity index (χ4v) is 2.51. The fourth-order valence-electron chi connectivity index (χ4n) is 2.51. The quantitative estimate of drug-likeness (QED) is 0.660. The van der Waals surface area contributed by atoms with Gasteiger partial charge in [0.05, 0.1) is 0 Å². The first kappa shape index (κ1) is 14.9. The van der Waals surface area contributed by atoms with Gasteiger partial charge in [-0.25, -0.2) is 0 Å². The molecule has 0 spiro atoms. The van der Waals surface area contributed by atoms with Crippen LogP contribution in [0.3, 0.4) is 0 Å². The van der Waals surface area contributed by atoms with E-state index >= 15 is 0 Å². The van der Waals surface area contributed by atoms with Crippen molar-refractivity contribution in [2.45, 2.75) is 45.1 Å². The molecule has 3 nitrogen and oxygen atoms in total. The number of nitrogens with zero attached hydrogens (tertiary/aromatic N) is 1. The summed E-state index contributed by atoms with van der Waals surface area (Å²) < 4.78 is 5.06. The summed E-state index contributed by atoms with van der Waals surface area (Å²) in [5.41, 5.74) is 0. The van der Waals surface area contributed by atoms with Crippen LogP contribution in [0.1, 0.15) is 39.0 Å². The molecular weight excluding hydrogens is 212 g/mol. The highest BCUT2D eigenvalue weighted by molar-refractivity contribution is 4.75. The molecule has 1 rings (SSSR count). The highest BCUT2D eigenvalue weighted by atomic mass is 16.5. The Morgan fingerprint density at radius 3 is 2.53 bits per heavy atom. The van der Waals surface area contributed by atoms with Crippen molar-refractivity contribution in [3.8, 4) is 0 Å². The number of nitrogens with one attached hydrogen (secondary N) is 1. The number of rotatable bonds is 8. The molecule has 0 atom stereocenters. The minimum atomic E-state index is 0.776. The van der Waals surface area contributed by atoms with Gasteiger partial charge in [0.25, 0.3) is 0 Å². The molecule has 0 unspecified atom stereocenters. The van der Waals surface area contributed by atoms with Crippen LogP contribution in [0.15, 0.2) is 0 Å². The molecule has 102 valence electrons. The van der Waals surface area contributed by atoms with Gasteiger partial charge in [-0.3, -0.25) is 0 Å². The van der Waals surface area contributed by atoms with Crippen molar-refractivity contribution in [1.82, 2.24) is 10.2 Å². The second-order valence-corrected chi connectivity index (χ2v) is 5.56. The summed E-state index contributed by atoms with van der Waals surface area (Å²) in [4.78, 5) is 2.39. The van der Waals surface area contributed by atoms with Crippen LogP contribution >= 0.6 is 0 Å². The van der Waals surface area contributed by atoms with Crippen molar-refractivity contribution in [1.29, 1.82) is 0 Å². The Balaban J connectivity index is 1.95. The van der Waals surface area contributed by atoms with Gasteiger partial charge >= 0.3 is 0 Å². The molecule has 1 fully saturated rings. The number of methoxy groups -OCH3 is 1. The van der Waals surface area contributed by atoms with E-state index in [1.165, 1.54) is 25.7 Å². The molecule has 0 radical (unpaired) electrons. The van der Waals surface area contributed by atoms with E-state index in [0.717, 1.165) is 44.6 Å². The first-order valence-electron chi connectivity index (χ1n) is 7.13. The average molecular weight is 242 g/mol. The highest BCUT2D eigenvalue weighted by Gasteiger charge is 2.17. The number of ether oxygens (including phenoxy) is 1. The smallest absolute Gasteiger partial charge is 0.0474 e. The zero-order valence-electron chi connectivity index (χ0n) is 11.9. The summed E-state index contributed by atoms with van der Waals surface area (Å²) in [6.07, 6.45) is 6.68. The van der Waals surface area contributed by atoms with Gasteiger partial charge in [0, 0.05) is 39.4 Å². The van der Waals surface area contributed by atoms with Crippen LogP contribution in [-0.4, -0.2) is 51.3 Å². The maximum absolute atomic E-state index is 5.06. The van der Waals surface area contributed by atoms with Crippen molar-refractivity contribution >= 4 is 0 Å². The molecule has 0 aromatic carbocycles. The van der Waals surface area contributed by atoms with Gasteiger partial charge in [-0.05, 0) is 45.1 Å². The predicted molar refractivity (Wildman–Crippen MR) is 73.4 cm³/mol. The standard InChI is InChI=1S/C14H30N2O/c1-13-5-7-14(8-6-13)15-9-11-16(2)10-4-12-17-3/h13-15H,4-12H2,1-3H3. The zero-order chi connectivity index (χ0) is 12.5.